The van der Waals surface area contributed by atoms with Crippen molar-refractivity contribution in [2.45, 2.75) is 19.6 Å². The molecule has 0 fully saturated rings. The van der Waals surface area contributed by atoms with Crippen molar-refractivity contribution in [2.24, 2.45) is 0 Å². The summed E-state index contributed by atoms with van der Waals surface area (Å²) in [5.74, 6) is -0.756. The van der Waals surface area contributed by atoms with Gasteiger partial charge in [-0.2, -0.15) is 9.65 Å². The van der Waals surface area contributed by atoms with Crippen LogP contribution in [-0.2, 0) is 24.4 Å². The summed E-state index contributed by atoms with van der Waals surface area (Å²) in [4.78, 5) is 21.6. The number of amides is 1. The molecule has 0 atom stereocenters. The molecule has 0 unspecified atom stereocenters. The molecule has 0 aliphatic carbocycles. The molecule has 134 valence electrons. The molecule has 9 heteroatoms. The van der Waals surface area contributed by atoms with E-state index in [9.17, 15) is 9.18 Å². The maximum Gasteiger partial charge on any atom is 0.252 e. The standard InChI is InChI=1S/C18H12ClFN6O/c19-14-3-4-22-18(20)17(14)11-1-2-12-7-25(8-13(12)5-11)16(27)9-26-10-23-15(6-21)24-26/h1-5,10H,7-9H2. The SMILES string of the molecule is N#Cc1ncn(CC(=O)N2Cc3ccc(-c4c(Cl)ccnc4F)cc3C2)n1. The molecule has 0 saturated heterocycles. The Morgan fingerprint density at radius 2 is 2.07 bits per heavy atom. The van der Waals surface area contributed by atoms with Crippen molar-refractivity contribution in [3.8, 4) is 17.2 Å². The van der Waals surface area contributed by atoms with Crippen LogP contribution in [0, 0.1) is 17.3 Å². The molecular weight excluding hydrogens is 371 g/mol. The number of fused-ring (bicyclic) bond motifs is 1. The van der Waals surface area contributed by atoms with Gasteiger partial charge in [-0.05, 0) is 28.8 Å². The van der Waals surface area contributed by atoms with E-state index in [2.05, 4.69) is 15.1 Å². The number of carbonyl (C=O) groups is 1. The van der Waals surface area contributed by atoms with E-state index in [4.69, 9.17) is 16.9 Å². The van der Waals surface area contributed by atoms with Crippen molar-refractivity contribution in [2.75, 3.05) is 0 Å². The summed E-state index contributed by atoms with van der Waals surface area (Å²) in [6, 6.07) is 8.83. The first-order valence-corrected chi connectivity index (χ1v) is 8.42. The van der Waals surface area contributed by atoms with Crippen LogP contribution >= 0.6 is 11.6 Å². The average Bonchev–Trinajstić information content (AvgIpc) is 3.27. The zero-order valence-electron chi connectivity index (χ0n) is 13.9. The molecule has 1 aliphatic heterocycles. The molecule has 27 heavy (non-hydrogen) atoms. The zero-order valence-corrected chi connectivity index (χ0v) is 14.7. The van der Waals surface area contributed by atoms with E-state index in [1.54, 1.807) is 11.0 Å². The van der Waals surface area contributed by atoms with Gasteiger partial charge in [-0.15, -0.1) is 5.10 Å². The predicted molar refractivity (Wildman–Crippen MR) is 93.6 cm³/mol. The van der Waals surface area contributed by atoms with E-state index in [1.165, 1.54) is 23.3 Å². The molecule has 4 rings (SSSR count). The van der Waals surface area contributed by atoms with Gasteiger partial charge in [0.15, 0.2) is 0 Å². The highest BCUT2D eigenvalue weighted by Gasteiger charge is 2.25. The minimum absolute atomic E-state index is 0.00140. The fourth-order valence-electron chi connectivity index (χ4n) is 3.06. The molecule has 2 aromatic heterocycles. The number of benzene rings is 1. The van der Waals surface area contributed by atoms with E-state index in [0.717, 1.165) is 11.1 Å². The molecule has 0 bridgehead atoms. The first-order chi connectivity index (χ1) is 13.0. The maximum absolute atomic E-state index is 14.1. The lowest BCUT2D eigenvalue weighted by Crippen LogP contribution is -2.29. The van der Waals surface area contributed by atoms with Gasteiger partial charge in [-0.25, -0.2) is 14.6 Å². The summed E-state index contributed by atoms with van der Waals surface area (Å²) < 4.78 is 15.4. The monoisotopic (exact) mass is 382 g/mol. The van der Waals surface area contributed by atoms with E-state index >= 15 is 0 Å². The quantitative estimate of drug-likeness (QED) is 0.649. The Kier molecular flexibility index (Phi) is 4.30. The lowest BCUT2D eigenvalue weighted by molar-refractivity contribution is -0.132. The summed E-state index contributed by atoms with van der Waals surface area (Å²) in [6.07, 6.45) is 2.67. The fraction of sp³-hybridized carbons (Fsp3) is 0.167. The topological polar surface area (TPSA) is 87.7 Å². The van der Waals surface area contributed by atoms with Gasteiger partial charge in [-0.1, -0.05) is 23.7 Å². The van der Waals surface area contributed by atoms with Crippen LogP contribution in [0.15, 0.2) is 36.8 Å². The molecule has 0 saturated carbocycles. The second-order valence-corrected chi connectivity index (χ2v) is 6.48. The molecule has 1 amide bonds. The number of hydrogen-bond acceptors (Lipinski definition) is 5. The molecule has 1 aromatic carbocycles. The average molecular weight is 383 g/mol. The summed E-state index contributed by atoms with van der Waals surface area (Å²) in [6.45, 7) is 0.859. The van der Waals surface area contributed by atoms with Crippen molar-refractivity contribution in [1.82, 2.24) is 24.6 Å². The van der Waals surface area contributed by atoms with Crippen LogP contribution in [0.4, 0.5) is 4.39 Å². The van der Waals surface area contributed by atoms with Crippen LogP contribution < -0.4 is 0 Å². The van der Waals surface area contributed by atoms with Crippen molar-refractivity contribution in [1.29, 1.82) is 5.26 Å². The number of pyridine rings is 1. The third kappa shape index (κ3) is 3.25. The highest BCUT2D eigenvalue weighted by Crippen LogP contribution is 2.33. The Balaban J connectivity index is 1.54. The van der Waals surface area contributed by atoms with Crippen LogP contribution in [0.25, 0.3) is 11.1 Å². The van der Waals surface area contributed by atoms with Crippen molar-refractivity contribution in [3.05, 3.63) is 64.7 Å². The largest absolute Gasteiger partial charge is 0.332 e. The van der Waals surface area contributed by atoms with Gasteiger partial charge in [0.1, 0.15) is 18.9 Å². The summed E-state index contributed by atoms with van der Waals surface area (Å²) >= 11 is 6.12. The van der Waals surface area contributed by atoms with Crippen LogP contribution in [0.1, 0.15) is 17.0 Å². The van der Waals surface area contributed by atoms with E-state index in [-0.39, 0.29) is 28.9 Å². The second-order valence-electron chi connectivity index (χ2n) is 6.07. The smallest absolute Gasteiger partial charge is 0.252 e. The normalized spacial score (nSPS) is 12.7. The molecule has 3 heterocycles. The number of carbonyl (C=O) groups excluding carboxylic acids is 1. The van der Waals surface area contributed by atoms with Gasteiger partial charge >= 0.3 is 0 Å². The first-order valence-electron chi connectivity index (χ1n) is 8.04. The number of rotatable bonds is 3. The number of halogens is 2. The third-order valence-corrected chi connectivity index (χ3v) is 4.67. The van der Waals surface area contributed by atoms with Crippen LogP contribution in [-0.4, -0.2) is 30.6 Å². The Hall–Kier alpha value is -3.31. The molecule has 1 aliphatic rings. The molecule has 0 radical (unpaired) electrons. The van der Waals surface area contributed by atoms with Gasteiger partial charge in [0.2, 0.25) is 11.9 Å². The molecule has 7 nitrogen and oxygen atoms in total. The molecule has 3 aromatic rings. The Labute approximate surface area is 158 Å². The number of aromatic nitrogens is 4. The molecular formula is C18H12ClFN6O. The minimum Gasteiger partial charge on any atom is -0.332 e. The number of hydrogen-bond donors (Lipinski definition) is 0. The highest BCUT2D eigenvalue weighted by atomic mass is 35.5. The van der Waals surface area contributed by atoms with E-state index < -0.39 is 5.95 Å². The second kappa shape index (κ2) is 6.78. The molecule has 0 N–H and O–H groups in total. The lowest BCUT2D eigenvalue weighted by Gasteiger charge is -2.14. The van der Waals surface area contributed by atoms with E-state index in [0.29, 0.717) is 18.7 Å². The lowest BCUT2D eigenvalue weighted by atomic mass is 10.0. The van der Waals surface area contributed by atoms with Crippen LogP contribution in [0.2, 0.25) is 5.02 Å². The van der Waals surface area contributed by atoms with Gasteiger partial charge in [0.25, 0.3) is 5.82 Å². The molecule has 0 spiro atoms. The highest BCUT2D eigenvalue weighted by molar-refractivity contribution is 6.33. The third-order valence-electron chi connectivity index (χ3n) is 4.36. The Morgan fingerprint density at radius 1 is 1.26 bits per heavy atom. The summed E-state index contributed by atoms with van der Waals surface area (Å²) in [7, 11) is 0. The van der Waals surface area contributed by atoms with Gasteiger partial charge in [0.05, 0.1) is 10.6 Å². The van der Waals surface area contributed by atoms with Gasteiger partial charge in [-0.3, -0.25) is 4.79 Å². The number of nitriles is 1. The van der Waals surface area contributed by atoms with Crippen LogP contribution in [0.5, 0.6) is 0 Å². The summed E-state index contributed by atoms with van der Waals surface area (Å²) in [5.41, 5.74) is 2.78. The van der Waals surface area contributed by atoms with Gasteiger partial charge in [0, 0.05) is 19.3 Å². The first kappa shape index (κ1) is 17.1. The van der Waals surface area contributed by atoms with Gasteiger partial charge < -0.3 is 4.90 Å². The number of nitrogens with zero attached hydrogens (tertiary/aromatic N) is 6. The fourth-order valence-corrected chi connectivity index (χ4v) is 3.30. The zero-order chi connectivity index (χ0) is 19.0. The Bertz CT molecular complexity index is 1070. The van der Waals surface area contributed by atoms with Crippen LogP contribution in [0.3, 0.4) is 0 Å². The van der Waals surface area contributed by atoms with E-state index in [1.807, 2.05) is 18.2 Å². The van der Waals surface area contributed by atoms with Crippen molar-refractivity contribution < 1.29 is 9.18 Å². The minimum atomic E-state index is -0.632. The maximum atomic E-state index is 14.1. The Morgan fingerprint density at radius 3 is 2.81 bits per heavy atom. The van der Waals surface area contributed by atoms with Crippen molar-refractivity contribution >= 4 is 17.5 Å². The predicted octanol–water partition coefficient (Wildman–Crippen LogP) is 2.55. The van der Waals surface area contributed by atoms with Crippen molar-refractivity contribution in [3.63, 3.8) is 0 Å². The summed E-state index contributed by atoms with van der Waals surface area (Å²) in [5, 5.41) is 12.9.